The molecule has 1 unspecified atom stereocenters. The summed E-state index contributed by atoms with van der Waals surface area (Å²) in [4.78, 5) is 54.8. The summed E-state index contributed by atoms with van der Waals surface area (Å²) in [5.74, 6) is -1.82. The smallest absolute Gasteiger partial charge is 0.410 e. The van der Waals surface area contributed by atoms with Crippen molar-refractivity contribution in [3.8, 4) is 17.6 Å². The zero-order chi connectivity index (χ0) is 35.0. The largest absolute Gasteiger partial charge is 0.496 e. The zero-order valence-electron chi connectivity index (χ0n) is 29.0. The van der Waals surface area contributed by atoms with E-state index < -0.39 is 47.0 Å². The van der Waals surface area contributed by atoms with E-state index in [1.165, 1.54) is 19.2 Å². The van der Waals surface area contributed by atoms with Gasteiger partial charge in [-0.05, 0) is 97.0 Å². The van der Waals surface area contributed by atoms with Crippen molar-refractivity contribution in [2.45, 2.75) is 129 Å². The predicted molar refractivity (Wildman–Crippen MR) is 176 cm³/mol. The molecule has 0 spiro atoms. The average Bonchev–Trinajstić information content (AvgIpc) is 3.33. The summed E-state index contributed by atoms with van der Waals surface area (Å²) in [6, 6.07) is 3.86. The van der Waals surface area contributed by atoms with Gasteiger partial charge >= 0.3 is 12.1 Å². The monoisotopic (exact) mass is 666 g/mol. The van der Waals surface area contributed by atoms with Crippen LogP contribution in [0.3, 0.4) is 0 Å². The number of carboxylic acid groups (broad SMARTS) is 1. The van der Waals surface area contributed by atoms with Gasteiger partial charge < -0.3 is 34.9 Å². The first-order valence-electron chi connectivity index (χ1n) is 17.2. The molecule has 2 aliphatic heterocycles. The first-order valence-corrected chi connectivity index (χ1v) is 17.2. The van der Waals surface area contributed by atoms with Crippen molar-refractivity contribution in [3.05, 3.63) is 23.3 Å². The van der Waals surface area contributed by atoms with Crippen LogP contribution in [-0.2, 0) is 14.3 Å². The molecule has 3 N–H and O–H groups in total. The number of carboxylic acids is 1. The molecule has 12 heteroatoms. The fraction of sp³-hybridized carbons (Fsp3) is 0.694. The number of nitriles is 1. The molecule has 12 nitrogen and oxygen atoms in total. The van der Waals surface area contributed by atoms with Crippen LogP contribution < -0.4 is 20.1 Å². The van der Waals surface area contributed by atoms with Crippen LogP contribution in [0.5, 0.6) is 11.5 Å². The number of hydrogen-bond donors (Lipinski definition) is 3. The average molecular weight is 667 g/mol. The highest BCUT2D eigenvalue weighted by Gasteiger charge is 2.53. The Morgan fingerprint density at radius 3 is 2.29 bits per heavy atom. The Bertz CT molecular complexity index is 1470. The predicted octanol–water partition coefficient (Wildman–Crippen LogP) is 5.17. The number of ether oxygens (including phenoxy) is 3. The minimum atomic E-state index is -0.836. The third kappa shape index (κ3) is 7.35. The maximum Gasteiger partial charge on any atom is 0.410 e. The van der Waals surface area contributed by atoms with Crippen molar-refractivity contribution in [2.24, 2.45) is 16.7 Å². The maximum absolute atomic E-state index is 14.0. The van der Waals surface area contributed by atoms with Gasteiger partial charge in [-0.1, -0.05) is 13.3 Å². The van der Waals surface area contributed by atoms with Crippen LogP contribution in [0.15, 0.2) is 12.1 Å². The summed E-state index contributed by atoms with van der Waals surface area (Å²) in [6.45, 7) is 9.86. The second-order valence-electron chi connectivity index (χ2n) is 15.8. The quantitative estimate of drug-likeness (QED) is 0.322. The highest BCUT2D eigenvalue weighted by Crippen LogP contribution is 2.43. The van der Waals surface area contributed by atoms with Crippen LogP contribution in [0.2, 0.25) is 0 Å². The van der Waals surface area contributed by atoms with E-state index in [1.54, 1.807) is 11.8 Å². The molecule has 262 valence electrons. The van der Waals surface area contributed by atoms with Gasteiger partial charge in [-0.3, -0.25) is 14.4 Å². The van der Waals surface area contributed by atoms with Crippen LogP contribution in [0.4, 0.5) is 4.79 Å². The summed E-state index contributed by atoms with van der Waals surface area (Å²) in [7, 11) is 1.42. The van der Waals surface area contributed by atoms with Crippen LogP contribution in [0.25, 0.3) is 0 Å². The third-order valence-electron chi connectivity index (χ3n) is 10.9. The van der Waals surface area contributed by atoms with Crippen LogP contribution >= 0.6 is 0 Å². The summed E-state index contributed by atoms with van der Waals surface area (Å²) in [5, 5.41) is 25.8. The number of carbonyl (C=O) groups excluding carboxylic acids is 3. The molecule has 2 saturated carbocycles. The van der Waals surface area contributed by atoms with E-state index in [1.807, 2.05) is 20.8 Å². The second kappa shape index (κ2) is 13.5. The lowest BCUT2D eigenvalue weighted by Gasteiger charge is -2.45. The van der Waals surface area contributed by atoms with Gasteiger partial charge in [0.15, 0.2) is 0 Å². The molecule has 2 bridgehead atoms. The minimum Gasteiger partial charge on any atom is -0.496 e. The van der Waals surface area contributed by atoms with Gasteiger partial charge in [0.2, 0.25) is 5.91 Å². The number of fused-ring (bicyclic) bond motifs is 2. The van der Waals surface area contributed by atoms with E-state index in [2.05, 4.69) is 23.6 Å². The third-order valence-corrected chi connectivity index (χ3v) is 10.9. The topological polar surface area (TPSA) is 167 Å². The van der Waals surface area contributed by atoms with Crippen LogP contribution in [-0.4, -0.2) is 77.4 Å². The zero-order valence-corrected chi connectivity index (χ0v) is 29.0. The minimum absolute atomic E-state index is 0.0446. The Labute approximate surface area is 282 Å². The van der Waals surface area contributed by atoms with E-state index in [-0.39, 0.29) is 46.1 Å². The summed E-state index contributed by atoms with van der Waals surface area (Å²) >= 11 is 0. The highest BCUT2D eigenvalue weighted by molar-refractivity contribution is 5.98. The molecule has 0 radical (unpaired) electrons. The molecule has 4 fully saturated rings. The number of hydrogen-bond acceptors (Lipinski definition) is 8. The van der Waals surface area contributed by atoms with E-state index in [4.69, 9.17) is 14.2 Å². The Morgan fingerprint density at radius 1 is 1.04 bits per heavy atom. The fourth-order valence-electron chi connectivity index (χ4n) is 7.76. The molecule has 3 amide bonds. The number of rotatable bonds is 9. The summed E-state index contributed by atoms with van der Waals surface area (Å²) in [6.07, 6.45) is 5.99. The van der Waals surface area contributed by atoms with E-state index in [0.717, 1.165) is 19.3 Å². The van der Waals surface area contributed by atoms with Crippen molar-refractivity contribution >= 4 is 23.9 Å². The Hall–Kier alpha value is -4.01. The van der Waals surface area contributed by atoms with Crippen molar-refractivity contribution in [1.29, 1.82) is 5.26 Å². The Morgan fingerprint density at radius 2 is 1.73 bits per heavy atom. The Kier molecular flexibility index (Phi) is 9.91. The number of benzene rings is 1. The van der Waals surface area contributed by atoms with Gasteiger partial charge in [0, 0.05) is 30.7 Å². The van der Waals surface area contributed by atoms with Gasteiger partial charge in [0.05, 0.1) is 35.7 Å². The number of nitrogens with one attached hydrogen (secondary N) is 2. The highest BCUT2D eigenvalue weighted by atomic mass is 16.6. The van der Waals surface area contributed by atoms with Crippen LogP contribution in [0.1, 0.15) is 115 Å². The SMILES string of the molecule is COc1cc(C#N)c(OC2CCC(C)(C(=O)O)CC2)cc1C(=O)N[C@@H]1CC2CC[C@H]([C@@H]1C(=O)NCC1(C)CCC1)N2C(=O)OC(C)(C)C. The molecule has 1 aromatic carbocycles. The van der Waals surface area contributed by atoms with Crippen molar-refractivity contribution in [1.82, 2.24) is 15.5 Å². The molecule has 0 aromatic heterocycles. The van der Waals surface area contributed by atoms with Gasteiger partial charge in [0.25, 0.3) is 5.91 Å². The molecule has 2 saturated heterocycles. The molecule has 5 rings (SSSR count). The summed E-state index contributed by atoms with van der Waals surface area (Å²) < 4.78 is 17.5. The lowest BCUT2D eigenvalue weighted by Crippen LogP contribution is -2.62. The number of aliphatic carboxylic acids is 1. The summed E-state index contributed by atoms with van der Waals surface area (Å²) in [5.41, 5.74) is -1.12. The number of carbonyl (C=O) groups is 4. The fourth-order valence-corrected chi connectivity index (χ4v) is 7.76. The molecule has 48 heavy (non-hydrogen) atoms. The molecular formula is C36H50N4O8. The standard InChI is InChI=1S/C36H50N4O8/c1-34(2,3)48-33(45)40-22-8-9-26(40)29(31(42)38-20-35(4)12-7-13-35)25(17-22)39-30(41)24-18-27(21(19-37)16-28(24)46-6)47-23-10-14-36(5,15-11-23)32(43)44/h16,18,22-23,25-26,29H,7-15,17,20H2,1-6H3,(H,38,42)(H,39,41)(H,43,44)/t22?,23?,25-,26-,29-,36?/m1/s1. The van der Waals surface area contributed by atoms with Crippen molar-refractivity contribution in [3.63, 3.8) is 0 Å². The lowest BCUT2D eigenvalue weighted by atomic mass is 9.70. The van der Waals surface area contributed by atoms with E-state index in [0.29, 0.717) is 51.5 Å². The molecule has 2 aliphatic carbocycles. The molecular weight excluding hydrogens is 616 g/mol. The van der Waals surface area contributed by atoms with Gasteiger partial charge in [-0.25, -0.2) is 4.79 Å². The first-order chi connectivity index (χ1) is 22.6. The normalized spacial score (nSPS) is 29.1. The molecule has 1 aromatic rings. The van der Waals surface area contributed by atoms with Crippen LogP contribution in [0, 0.1) is 28.1 Å². The van der Waals surface area contributed by atoms with Crippen molar-refractivity contribution < 1.29 is 38.5 Å². The van der Waals surface area contributed by atoms with Gasteiger partial charge in [-0.15, -0.1) is 0 Å². The van der Waals surface area contributed by atoms with Crippen molar-refractivity contribution in [2.75, 3.05) is 13.7 Å². The molecule has 2 heterocycles. The van der Waals surface area contributed by atoms with E-state index in [9.17, 15) is 29.5 Å². The number of nitrogens with zero attached hydrogens (tertiary/aromatic N) is 2. The first kappa shape index (κ1) is 35.3. The lowest BCUT2D eigenvalue weighted by molar-refractivity contribution is -0.150. The number of methoxy groups -OCH3 is 1. The molecule has 4 atom stereocenters. The number of piperidine rings is 1. The Balaban J connectivity index is 1.38. The maximum atomic E-state index is 14.0. The number of amides is 3. The van der Waals surface area contributed by atoms with E-state index >= 15 is 0 Å². The second-order valence-corrected chi connectivity index (χ2v) is 15.8. The molecule has 4 aliphatic rings. The van der Waals surface area contributed by atoms with Gasteiger partial charge in [-0.2, -0.15) is 5.26 Å². The van der Waals surface area contributed by atoms with Gasteiger partial charge in [0.1, 0.15) is 23.2 Å².